The number of pyridine rings is 1. The largest absolute Gasteiger partial charge is 0.496 e. The molecule has 0 atom stereocenters. The predicted molar refractivity (Wildman–Crippen MR) is 123 cm³/mol. The van der Waals surface area contributed by atoms with Crippen molar-refractivity contribution in [2.45, 2.75) is 37.5 Å². The van der Waals surface area contributed by atoms with Crippen molar-refractivity contribution in [3.63, 3.8) is 0 Å². The molecule has 0 saturated carbocycles. The molecule has 0 radical (unpaired) electrons. The summed E-state index contributed by atoms with van der Waals surface area (Å²) in [5.41, 5.74) is 2.54. The van der Waals surface area contributed by atoms with E-state index in [1.54, 1.807) is 13.2 Å². The van der Waals surface area contributed by atoms with E-state index in [4.69, 9.17) is 4.74 Å². The summed E-state index contributed by atoms with van der Waals surface area (Å²) in [5.74, 6) is -0.561. The van der Waals surface area contributed by atoms with Crippen molar-refractivity contribution >= 4 is 26.9 Å². The smallest absolute Gasteiger partial charge is 0.336 e. The Morgan fingerprint density at radius 3 is 2.41 bits per heavy atom. The maximum absolute atomic E-state index is 13.2. The van der Waals surface area contributed by atoms with E-state index in [1.807, 2.05) is 25.1 Å². The van der Waals surface area contributed by atoms with E-state index >= 15 is 0 Å². The van der Waals surface area contributed by atoms with Gasteiger partial charge in [0.25, 0.3) is 0 Å². The standard InChI is InChI=1S/C24H26N2O5S/c1-16-7-10-23(31-2)20(13-16)22-15-19(24(27)28)18-14-17(8-9-21(18)25-22)32(29,30)26-11-5-3-4-6-12-26/h7-10,13-15H,3-6,11-12H2,1-2H3,(H,27,28). The third kappa shape index (κ3) is 4.20. The van der Waals surface area contributed by atoms with Crippen LogP contribution in [0.15, 0.2) is 47.4 Å². The number of carbonyl (C=O) groups is 1. The molecular weight excluding hydrogens is 428 g/mol. The van der Waals surface area contributed by atoms with Gasteiger partial charge in [-0.05, 0) is 56.2 Å². The zero-order chi connectivity index (χ0) is 22.9. The molecule has 1 N–H and O–H groups in total. The zero-order valence-electron chi connectivity index (χ0n) is 18.2. The number of aromatic carboxylic acids is 1. The number of rotatable bonds is 5. The summed E-state index contributed by atoms with van der Waals surface area (Å²) in [6, 6.07) is 11.6. The Hall–Kier alpha value is -2.97. The number of carboxylic acid groups (broad SMARTS) is 1. The molecule has 8 heteroatoms. The van der Waals surface area contributed by atoms with E-state index < -0.39 is 16.0 Å². The van der Waals surface area contributed by atoms with Crippen LogP contribution >= 0.6 is 0 Å². The number of aromatic nitrogens is 1. The second kappa shape index (κ2) is 8.88. The second-order valence-electron chi connectivity index (χ2n) is 8.06. The lowest BCUT2D eigenvalue weighted by Crippen LogP contribution is -2.31. The lowest BCUT2D eigenvalue weighted by molar-refractivity contribution is 0.0699. The van der Waals surface area contributed by atoms with Gasteiger partial charge in [-0.1, -0.05) is 24.5 Å². The minimum absolute atomic E-state index is 0.00137. The molecule has 2 aromatic carbocycles. The van der Waals surface area contributed by atoms with E-state index in [2.05, 4.69) is 4.98 Å². The van der Waals surface area contributed by atoms with Gasteiger partial charge in [-0.25, -0.2) is 18.2 Å². The van der Waals surface area contributed by atoms with Gasteiger partial charge >= 0.3 is 5.97 Å². The first-order valence-corrected chi connectivity index (χ1v) is 12.1. The van der Waals surface area contributed by atoms with Crippen LogP contribution in [0.1, 0.15) is 41.6 Å². The minimum atomic E-state index is -3.71. The summed E-state index contributed by atoms with van der Waals surface area (Å²) < 4.78 is 33.4. The number of hydrogen-bond acceptors (Lipinski definition) is 5. The topological polar surface area (TPSA) is 96.8 Å². The first kappa shape index (κ1) is 22.2. The Kier molecular flexibility index (Phi) is 6.17. The maximum atomic E-state index is 13.2. The molecule has 3 aromatic rings. The van der Waals surface area contributed by atoms with E-state index in [1.165, 1.54) is 22.5 Å². The number of carboxylic acids is 1. The molecule has 1 aromatic heterocycles. The van der Waals surface area contributed by atoms with Crippen molar-refractivity contribution in [3.05, 3.63) is 53.6 Å². The molecule has 7 nitrogen and oxygen atoms in total. The highest BCUT2D eigenvalue weighted by Gasteiger charge is 2.26. The van der Waals surface area contributed by atoms with Gasteiger partial charge < -0.3 is 9.84 Å². The van der Waals surface area contributed by atoms with E-state index in [9.17, 15) is 18.3 Å². The van der Waals surface area contributed by atoms with Crippen molar-refractivity contribution in [2.24, 2.45) is 0 Å². The average molecular weight is 455 g/mol. The number of methoxy groups -OCH3 is 1. The van der Waals surface area contributed by atoms with Gasteiger partial charge in [0.2, 0.25) is 10.0 Å². The Labute approximate surface area is 187 Å². The first-order valence-electron chi connectivity index (χ1n) is 10.6. The quantitative estimate of drug-likeness (QED) is 0.610. The molecule has 1 aliphatic rings. The van der Waals surface area contributed by atoms with Crippen molar-refractivity contribution in [1.82, 2.24) is 9.29 Å². The lowest BCUT2D eigenvalue weighted by atomic mass is 10.0. The van der Waals surface area contributed by atoms with Crippen LogP contribution in [-0.2, 0) is 10.0 Å². The lowest BCUT2D eigenvalue weighted by Gasteiger charge is -2.20. The average Bonchev–Trinajstić information content (AvgIpc) is 3.08. The van der Waals surface area contributed by atoms with Crippen molar-refractivity contribution in [1.29, 1.82) is 0 Å². The number of aryl methyl sites for hydroxylation is 1. The summed E-state index contributed by atoms with van der Waals surface area (Å²) >= 11 is 0. The Balaban J connectivity index is 1.86. The maximum Gasteiger partial charge on any atom is 0.336 e. The second-order valence-corrected chi connectivity index (χ2v) is 10.00. The molecule has 1 aliphatic heterocycles. The number of fused-ring (bicyclic) bond motifs is 1. The number of benzene rings is 2. The van der Waals surface area contributed by atoms with Gasteiger partial charge in [0.1, 0.15) is 5.75 Å². The molecule has 2 heterocycles. The minimum Gasteiger partial charge on any atom is -0.496 e. The summed E-state index contributed by atoms with van der Waals surface area (Å²) in [5, 5.41) is 10.2. The van der Waals surface area contributed by atoms with Crippen LogP contribution in [0.3, 0.4) is 0 Å². The van der Waals surface area contributed by atoms with E-state index in [0.29, 0.717) is 41.0 Å². The SMILES string of the molecule is COc1ccc(C)cc1-c1cc(C(=O)O)c2cc(S(=O)(=O)N3CCCCCC3)ccc2n1. The zero-order valence-corrected chi connectivity index (χ0v) is 19.0. The normalized spacial score (nSPS) is 15.4. The molecule has 1 fully saturated rings. The highest BCUT2D eigenvalue weighted by atomic mass is 32.2. The third-order valence-corrected chi connectivity index (χ3v) is 7.74. The van der Waals surface area contributed by atoms with Crippen molar-refractivity contribution in [3.8, 4) is 17.0 Å². The Bertz CT molecular complexity index is 1280. The van der Waals surface area contributed by atoms with Gasteiger partial charge in [0.05, 0.1) is 28.8 Å². The highest BCUT2D eigenvalue weighted by molar-refractivity contribution is 7.89. The Morgan fingerprint density at radius 1 is 1.03 bits per heavy atom. The highest BCUT2D eigenvalue weighted by Crippen LogP contribution is 2.33. The molecule has 32 heavy (non-hydrogen) atoms. The summed E-state index contributed by atoms with van der Waals surface area (Å²) in [7, 11) is -2.16. The number of sulfonamides is 1. The van der Waals surface area contributed by atoms with Gasteiger partial charge in [-0.2, -0.15) is 4.31 Å². The van der Waals surface area contributed by atoms with Crippen LogP contribution < -0.4 is 4.74 Å². The summed E-state index contributed by atoms with van der Waals surface area (Å²) in [4.78, 5) is 16.8. The van der Waals surface area contributed by atoms with Crippen LogP contribution in [0.25, 0.3) is 22.2 Å². The van der Waals surface area contributed by atoms with Gasteiger partial charge in [-0.15, -0.1) is 0 Å². The molecule has 0 spiro atoms. The van der Waals surface area contributed by atoms with Crippen LogP contribution in [0.4, 0.5) is 0 Å². The molecule has 4 rings (SSSR count). The van der Waals surface area contributed by atoms with Crippen molar-refractivity contribution < 1.29 is 23.1 Å². The fourth-order valence-electron chi connectivity index (χ4n) is 4.13. The monoisotopic (exact) mass is 454 g/mol. The fraction of sp³-hybridized carbons (Fsp3) is 0.333. The Morgan fingerprint density at radius 2 is 1.75 bits per heavy atom. The first-order chi connectivity index (χ1) is 15.3. The van der Waals surface area contributed by atoms with Gasteiger partial charge in [0, 0.05) is 24.0 Å². The van der Waals surface area contributed by atoms with Crippen LogP contribution in [0, 0.1) is 6.92 Å². The number of ether oxygens (including phenoxy) is 1. The molecule has 0 amide bonds. The predicted octanol–water partition coefficient (Wildman–Crippen LogP) is 4.48. The molecule has 1 saturated heterocycles. The summed E-state index contributed by atoms with van der Waals surface area (Å²) in [6.45, 7) is 2.90. The number of nitrogens with zero attached hydrogens (tertiary/aromatic N) is 2. The number of hydrogen-bond donors (Lipinski definition) is 1. The molecule has 168 valence electrons. The van der Waals surface area contributed by atoms with Crippen LogP contribution in [0.2, 0.25) is 0 Å². The molecular formula is C24H26N2O5S. The fourth-order valence-corrected chi connectivity index (χ4v) is 5.68. The van der Waals surface area contributed by atoms with Crippen LogP contribution in [-0.4, -0.2) is 49.0 Å². The van der Waals surface area contributed by atoms with Crippen molar-refractivity contribution in [2.75, 3.05) is 20.2 Å². The van der Waals surface area contributed by atoms with E-state index in [0.717, 1.165) is 31.2 Å². The molecule has 0 bridgehead atoms. The van der Waals surface area contributed by atoms with Gasteiger partial charge in [0.15, 0.2) is 0 Å². The third-order valence-electron chi connectivity index (χ3n) is 5.84. The molecule has 0 aliphatic carbocycles. The van der Waals surface area contributed by atoms with E-state index in [-0.39, 0.29) is 10.5 Å². The van der Waals surface area contributed by atoms with Gasteiger partial charge in [-0.3, -0.25) is 0 Å². The molecule has 0 unspecified atom stereocenters. The summed E-state index contributed by atoms with van der Waals surface area (Å²) in [6.07, 6.45) is 3.69. The van der Waals surface area contributed by atoms with Crippen LogP contribution in [0.5, 0.6) is 5.75 Å².